The van der Waals surface area contributed by atoms with E-state index in [1.54, 1.807) is 18.2 Å². The monoisotopic (exact) mass is 670 g/mol. The van der Waals surface area contributed by atoms with Gasteiger partial charge in [-0.15, -0.1) is 0 Å². The van der Waals surface area contributed by atoms with Gasteiger partial charge in [-0.25, -0.2) is 0 Å². The molecule has 3 fully saturated rings. The molecule has 5 unspecified atom stereocenters. The summed E-state index contributed by atoms with van der Waals surface area (Å²) in [5, 5.41) is 0.497. The molecule has 1 saturated heterocycles. The molecule has 254 valence electrons. The third kappa shape index (κ3) is 7.99. The third-order valence-electron chi connectivity index (χ3n) is 9.64. The van der Waals surface area contributed by atoms with E-state index in [1.165, 1.54) is 78.9 Å². The highest BCUT2D eigenvalue weighted by Crippen LogP contribution is 2.58. The maximum absolute atomic E-state index is 12.5. The second-order valence-electron chi connectivity index (χ2n) is 13.0. The lowest BCUT2D eigenvalue weighted by Crippen LogP contribution is -2.67. The van der Waals surface area contributed by atoms with Crippen LogP contribution in [0.2, 0.25) is 5.02 Å². The van der Waals surface area contributed by atoms with Crippen molar-refractivity contribution >= 4 is 35.5 Å². The number of ether oxygens (including phenoxy) is 6. The van der Waals surface area contributed by atoms with Gasteiger partial charge in [-0.3, -0.25) is 19.2 Å². The molecule has 1 heterocycles. The van der Waals surface area contributed by atoms with Gasteiger partial charge in [0.1, 0.15) is 12.7 Å². The zero-order valence-electron chi connectivity index (χ0n) is 27.5. The van der Waals surface area contributed by atoms with Crippen LogP contribution in [0.1, 0.15) is 94.4 Å². The fourth-order valence-electron chi connectivity index (χ4n) is 7.08. The van der Waals surface area contributed by atoms with Crippen molar-refractivity contribution in [2.45, 2.75) is 109 Å². The first-order chi connectivity index (χ1) is 22.3. The molecule has 2 aromatic carbocycles. The molecule has 1 spiro atoms. The Morgan fingerprint density at radius 3 is 1.98 bits per heavy atom. The summed E-state index contributed by atoms with van der Waals surface area (Å²) in [4.78, 5) is 48.8. The van der Waals surface area contributed by atoms with E-state index in [0.29, 0.717) is 28.3 Å². The van der Waals surface area contributed by atoms with E-state index >= 15 is 0 Å². The Morgan fingerprint density at radius 1 is 0.809 bits per heavy atom. The van der Waals surface area contributed by atoms with Crippen molar-refractivity contribution in [1.29, 1.82) is 0 Å². The van der Waals surface area contributed by atoms with Crippen LogP contribution in [0.25, 0.3) is 0 Å². The smallest absolute Gasteiger partial charge is 0.303 e. The molecule has 2 aliphatic carbocycles. The first-order valence-corrected chi connectivity index (χ1v) is 16.5. The fraction of sp³-hybridized carbons (Fsp3) is 0.556. The van der Waals surface area contributed by atoms with Crippen LogP contribution in [0.4, 0.5) is 0 Å². The van der Waals surface area contributed by atoms with Gasteiger partial charge in [-0.2, -0.15) is 0 Å². The maximum Gasteiger partial charge on any atom is 0.303 e. The van der Waals surface area contributed by atoms with E-state index < -0.39 is 54.1 Å². The van der Waals surface area contributed by atoms with Gasteiger partial charge in [0.15, 0.2) is 12.2 Å². The molecule has 5 rings (SSSR count). The molecule has 0 radical (unpaired) electrons. The van der Waals surface area contributed by atoms with E-state index in [9.17, 15) is 19.2 Å². The van der Waals surface area contributed by atoms with Gasteiger partial charge in [0.2, 0.25) is 11.9 Å². The summed E-state index contributed by atoms with van der Waals surface area (Å²) in [7, 11) is 1.35. The molecular formula is C36H43ClO10. The number of rotatable bonds is 10. The number of hydrogen-bond acceptors (Lipinski definition) is 10. The number of halogens is 1. The number of carbonyl (C=O) groups is 4. The summed E-state index contributed by atoms with van der Waals surface area (Å²) in [6.45, 7) is 4.37. The van der Waals surface area contributed by atoms with Crippen LogP contribution in [0, 0.1) is 5.41 Å². The van der Waals surface area contributed by atoms with Crippen molar-refractivity contribution in [2.75, 3.05) is 13.7 Å². The van der Waals surface area contributed by atoms with Crippen LogP contribution < -0.4 is 0 Å². The maximum atomic E-state index is 12.5. The highest BCUT2D eigenvalue weighted by molar-refractivity contribution is 6.31. The molecule has 47 heavy (non-hydrogen) atoms. The summed E-state index contributed by atoms with van der Waals surface area (Å²) in [5.41, 5.74) is 4.20. The van der Waals surface area contributed by atoms with Gasteiger partial charge in [0, 0.05) is 45.4 Å². The third-order valence-corrected chi connectivity index (χ3v) is 10.0. The van der Waals surface area contributed by atoms with Gasteiger partial charge in [0.05, 0.1) is 0 Å². The van der Waals surface area contributed by atoms with Crippen LogP contribution in [-0.2, 0) is 59.8 Å². The highest BCUT2D eigenvalue weighted by Gasteiger charge is 2.61. The average molecular weight is 671 g/mol. The van der Waals surface area contributed by atoms with Gasteiger partial charge in [0.25, 0.3) is 0 Å². The van der Waals surface area contributed by atoms with E-state index in [-0.39, 0.29) is 6.61 Å². The Hall–Kier alpha value is -3.47. The molecule has 0 N–H and O–H groups in total. The lowest BCUT2D eigenvalue weighted by molar-refractivity contribution is -0.367. The minimum Gasteiger partial charge on any atom is -0.463 e. The molecule has 3 aliphatic rings. The Labute approximate surface area is 280 Å². The molecule has 2 aromatic rings. The Bertz CT molecular complexity index is 1480. The van der Waals surface area contributed by atoms with E-state index in [0.717, 1.165) is 11.1 Å². The van der Waals surface area contributed by atoms with Crippen LogP contribution in [0.15, 0.2) is 42.5 Å². The second-order valence-corrected chi connectivity index (χ2v) is 13.4. The number of benzene rings is 2. The lowest BCUT2D eigenvalue weighted by Gasteiger charge is -2.50. The predicted molar refractivity (Wildman–Crippen MR) is 170 cm³/mol. The predicted octanol–water partition coefficient (Wildman–Crippen LogP) is 5.92. The van der Waals surface area contributed by atoms with Crippen molar-refractivity contribution in [3.05, 3.63) is 69.7 Å². The Kier molecular flexibility index (Phi) is 10.6. The lowest BCUT2D eigenvalue weighted by atomic mass is 9.77. The molecule has 5 atom stereocenters. The van der Waals surface area contributed by atoms with Gasteiger partial charge < -0.3 is 28.4 Å². The van der Waals surface area contributed by atoms with Crippen LogP contribution in [-0.4, -0.2) is 62.0 Å². The van der Waals surface area contributed by atoms with Crippen molar-refractivity contribution < 1.29 is 47.6 Å². The molecule has 10 nitrogen and oxygen atoms in total. The first-order valence-electron chi connectivity index (χ1n) is 16.1. The van der Waals surface area contributed by atoms with Crippen molar-refractivity contribution in [1.82, 2.24) is 0 Å². The summed E-state index contributed by atoms with van der Waals surface area (Å²) < 4.78 is 34.6. The molecule has 0 amide bonds. The standard InChI is InChI=1S/C36H43ClO10/c1-21(38)43-20-31-32(44-22(2)39)33(45-23(3)40)34(46-24(4)41)36(42-5,47-31)29-10-11-30(37)28(19-29)18-25-6-8-26(9-7-25)27-12-14-35(15-13-27)16-17-35/h6-11,19,27,31-34H,12-18,20H2,1-5H3. The molecule has 1 aliphatic heterocycles. The minimum absolute atomic E-state index is 0.377. The Balaban J connectivity index is 1.48. The first kappa shape index (κ1) is 34.9. The van der Waals surface area contributed by atoms with Crippen molar-refractivity contribution in [3.8, 4) is 0 Å². The molecule has 0 bridgehead atoms. The van der Waals surface area contributed by atoms with E-state index in [1.807, 2.05) is 0 Å². The van der Waals surface area contributed by atoms with Gasteiger partial charge in [-0.1, -0.05) is 41.9 Å². The van der Waals surface area contributed by atoms with Gasteiger partial charge in [-0.05, 0) is 85.1 Å². The van der Waals surface area contributed by atoms with Crippen molar-refractivity contribution in [3.63, 3.8) is 0 Å². The van der Waals surface area contributed by atoms with Crippen LogP contribution in [0.5, 0.6) is 0 Å². The largest absolute Gasteiger partial charge is 0.463 e. The number of hydrogen-bond donors (Lipinski definition) is 0. The topological polar surface area (TPSA) is 124 Å². The van der Waals surface area contributed by atoms with Crippen LogP contribution in [0.3, 0.4) is 0 Å². The second kappa shape index (κ2) is 14.3. The molecule has 0 aromatic heterocycles. The van der Waals surface area contributed by atoms with E-state index in [4.69, 9.17) is 40.0 Å². The Morgan fingerprint density at radius 2 is 1.43 bits per heavy atom. The quantitative estimate of drug-likeness (QED) is 0.222. The van der Waals surface area contributed by atoms with E-state index in [2.05, 4.69) is 24.3 Å². The molecule has 2 saturated carbocycles. The molecular weight excluding hydrogens is 628 g/mol. The zero-order valence-corrected chi connectivity index (χ0v) is 28.3. The summed E-state index contributed by atoms with van der Waals surface area (Å²) >= 11 is 6.72. The molecule has 11 heteroatoms. The number of carbonyl (C=O) groups excluding carboxylic acids is 4. The highest BCUT2D eigenvalue weighted by atomic mass is 35.5. The summed E-state index contributed by atoms with van der Waals surface area (Å²) in [6, 6.07) is 13.8. The average Bonchev–Trinajstić information content (AvgIpc) is 3.78. The van der Waals surface area contributed by atoms with Crippen LogP contribution >= 0.6 is 11.6 Å². The van der Waals surface area contributed by atoms with Crippen molar-refractivity contribution in [2.24, 2.45) is 5.41 Å². The minimum atomic E-state index is -1.89. The summed E-state index contributed by atoms with van der Waals surface area (Å²) in [5.74, 6) is -4.09. The van der Waals surface area contributed by atoms with Gasteiger partial charge >= 0.3 is 23.9 Å². The SMILES string of the molecule is COC1(c2ccc(Cl)c(Cc3ccc(C4CCC5(CC4)CC5)cc3)c2)OC(COC(C)=O)C(OC(C)=O)C(OC(C)=O)C1OC(C)=O. The fourth-order valence-corrected chi connectivity index (χ4v) is 7.26. The normalized spacial score (nSPS) is 26.7. The zero-order chi connectivity index (χ0) is 33.9. The summed E-state index contributed by atoms with van der Waals surface area (Å²) in [6.07, 6.45) is 3.05. The number of methoxy groups -OCH3 is 1. The number of esters is 4.